The van der Waals surface area contributed by atoms with E-state index in [0.717, 1.165) is 50.3 Å². The molecule has 3 aliphatic rings. The maximum atomic E-state index is 12.5. The predicted molar refractivity (Wildman–Crippen MR) is 86.9 cm³/mol. The summed E-state index contributed by atoms with van der Waals surface area (Å²) in [4.78, 5) is 26.6. The molecule has 2 amide bonds. The lowest BCUT2D eigenvalue weighted by Gasteiger charge is -2.23. The molecule has 1 saturated heterocycles. The normalized spacial score (nSPS) is 24.4. The van der Waals surface area contributed by atoms with E-state index in [-0.39, 0.29) is 17.7 Å². The van der Waals surface area contributed by atoms with Crippen LogP contribution in [0.3, 0.4) is 0 Å². The van der Waals surface area contributed by atoms with Gasteiger partial charge in [0.25, 0.3) is 0 Å². The van der Waals surface area contributed by atoms with Crippen molar-refractivity contribution in [1.29, 1.82) is 0 Å². The molecule has 1 N–H and O–H groups in total. The second kappa shape index (κ2) is 6.53. The number of hydrogen-bond acceptors (Lipinski definition) is 4. The summed E-state index contributed by atoms with van der Waals surface area (Å²) in [5.74, 6) is 1.74. The average molecular weight is 331 g/mol. The van der Waals surface area contributed by atoms with Crippen molar-refractivity contribution >= 4 is 11.8 Å². The number of aryl methyl sites for hydroxylation is 1. The van der Waals surface area contributed by atoms with Gasteiger partial charge in [-0.3, -0.25) is 9.59 Å². The number of likely N-dealkylation sites (tertiary alicyclic amines) is 1. The molecule has 24 heavy (non-hydrogen) atoms. The van der Waals surface area contributed by atoms with Crippen molar-refractivity contribution < 1.29 is 9.59 Å². The number of carbonyl (C=O) groups is 2. The van der Waals surface area contributed by atoms with E-state index in [4.69, 9.17) is 0 Å². The van der Waals surface area contributed by atoms with Gasteiger partial charge in [0.1, 0.15) is 5.82 Å². The Morgan fingerprint density at radius 3 is 2.83 bits per heavy atom. The third-order valence-corrected chi connectivity index (χ3v) is 5.65. The van der Waals surface area contributed by atoms with Gasteiger partial charge in [0, 0.05) is 32.0 Å². The Hall–Kier alpha value is -1.92. The molecule has 0 aromatic carbocycles. The molecule has 1 saturated carbocycles. The van der Waals surface area contributed by atoms with Crippen LogP contribution in [0.5, 0.6) is 0 Å². The largest absolute Gasteiger partial charge is 0.348 e. The molecular formula is C17H25N5O2. The first-order valence-electron chi connectivity index (χ1n) is 9.20. The highest BCUT2D eigenvalue weighted by Crippen LogP contribution is 2.29. The minimum atomic E-state index is -0.221. The second-order valence-electron chi connectivity index (χ2n) is 7.24. The van der Waals surface area contributed by atoms with Crippen molar-refractivity contribution in [2.75, 3.05) is 6.54 Å². The smallest absolute Gasteiger partial charge is 0.225 e. The maximum Gasteiger partial charge on any atom is 0.225 e. The molecule has 1 aromatic rings. The number of fused-ring (bicyclic) bond motifs is 1. The van der Waals surface area contributed by atoms with E-state index in [9.17, 15) is 9.59 Å². The van der Waals surface area contributed by atoms with E-state index in [1.54, 1.807) is 0 Å². The summed E-state index contributed by atoms with van der Waals surface area (Å²) in [6, 6.07) is 0.360. The van der Waals surface area contributed by atoms with Crippen molar-refractivity contribution in [3.8, 4) is 0 Å². The second-order valence-corrected chi connectivity index (χ2v) is 7.24. The van der Waals surface area contributed by atoms with Crippen molar-refractivity contribution in [3.05, 3.63) is 11.6 Å². The van der Waals surface area contributed by atoms with Crippen LogP contribution in [0.4, 0.5) is 0 Å². The zero-order valence-electron chi connectivity index (χ0n) is 14.0. The van der Waals surface area contributed by atoms with Gasteiger partial charge in [-0.15, -0.1) is 10.2 Å². The first-order valence-corrected chi connectivity index (χ1v) is 9.20. The summed E-state index contributed by atoms with van der Waals surface area (Å²) < 4.78 is 2.12. The molecule has 1 atom stereocenters. The van der Waals surface area contributed by atoms with E-state index in [0.29, 0.717) is 25.6 Å². The molecule has 3 heterocycles. The van der Waals surface area contributed by atoms with Gasteiger partial charge in [-0.1, -0.05) is 12.8 Å². The van der Waals surface area contributed by atoms with E-state index >= 15 is 0 Å². The summed E-state index contributed by atoms with van der Waals surface area (Å²) in [5, 5.41) is 11.4. The lowest BCUT2D eigenvalue weighted by atomic mass is 10.1. The first-order chi connectivity index (χ1) is 11.7. The molecule has 0 unspecified atom stereocenters. The van der Waals surface area contributed by atoms with Gasteiger partial charge in [0.2, 0.25) is 11.8 Å². The molecule has 0 radical (unpaired) electrons. The fourth-order valence-electron chi connectivity index (χ4n) is 4.29. The molecule has 7 nitrogen and oxygen atoms in total. The zero-order valence-corrected chi connectivity index (χ0v) is 14.0. The van der Waals surface area contributed by atoms with Crippen LogP contribution in [-0.4, -0.2) is 44.1 Å². The van der Waals surface area contributed by atoms with Gasteiger partial charge < -0.3 is 14.8 Å². The quantitative estimate of drug-likeness (QED) is 0.893. The molecule has 4 rings (SSSR count). The Kier molecular flexibility index (Phi) is 4.24. The Labute approximate surface area is 141 Å². The van der Waals surface area contributed by atoms with Crippen LogP contribution >= 0.6 is 0 Å². The third-order valence-electron chi connectivity index (χ3n) is 5.65. The first kappa shape index (κ1) is 15.6. The molecule has 0 bridgehead atoms. The van der Waals surface area contributed by atoms with Crippen LogP contribution < -0.4 is 5.32 Å². The van der Waals surface area contributed by atoms with E-state index in [2.05, 4.69) is 20.1 Å². The summed E-state index contributed by atoms with van der Waals surface area (Å²) in [6.07, 6.45) is 8.18. The topological polar surface area (TPSA) is 80.1 Å². The van der Waals surface area contributed by atoms with E-state index in [1.165, 1.54) is 12.8 Å². The minimum Gasteiger partial charge on any atom is -0.348 e. The third kappa shape index (κ3) is 2.91. The van der Waals surface area contributed by atoms with Crippen LogP contribution in [0, 0.1) is 5.92 Å². The highest BCUT2D eigenvalue weighted by molar-refractivity contribution is 5.89. The Balaban J connectivity index is 1.33. The van der Waals surface area contributed by atoms with Gasteiger partial charge in [-0.25, -0.2) is 0 Å². The number of hydrogen-bond donors (Lipinski definition) is 1. The van der Waals surface area contributed by atoms with Gasteiger partial charge >= 0.3 is 0 Å². The van der Waals surface area contributed by atoms with Crippen molar-refractivity contribution in [2.45, 2.75) is 70.5 Å². The van der Waals surface area contributed by atoms with Gasteiger partial charge in [-0.05, 0) is 25.7 Å². The fourth-order valence-corrected chi connectivity index (χ4v) is 4.29. The van der Waals surface area contributed by atoms with E-state index in [1.807, 2.05) is 4.90 Å². The molecule has 1 aliphatic carbocycles. The van der Waals surface area contributed by atoms with Crippen LogP contribution in [0.2, 0.25) is 0 Å². The van der Waals surface area contributed by atoms with Gasteiger partial charge in [-0.2, -0.15) is 0 Å². The number of carbonyl (C=O) groups excluding carboxylic acids is 2. The number of nitrogens with one attached hydrogen (secondary N) is 1. The molecule has 2 aliphatic heterocycles. The Morgan fingerprint density at radius 2 is 2.00 bits per heavy atom. The standard InChI is InChI=1S/C17H25N5O2/c23-16-9-12(11-22(16)13-5-1-2-6-13)17(24)18-10-15-20-19-14-7-3-4-8-21(14)15/h12-13H,1-11H2,(H,18,24)/t12-/m0/s1. The van der Waals surface area contributed by atoms with Gasteiger partial charge in [0.05, 0.1) is 12.5 Å². The summed E-state index contributed by atoms with van der Waals surface area (Å²) >= 11 is 0. The zero-order chi connectivity index (χ0) is 16.5. The number of aromatic nitrogens is 3. The molecule has 1 aromatic heterocycles. The van der Waals surface area contributed by atoms with Crippen LogP contribution in [0.15, 0.2) is 0 Å². The monoisotopic (exact) mass is 331 g/mol. The molecule has 7 heteroatoms. The van der Waals surface area contributed by atoms with Crippen molar-refractivity contribution in [2.24, 2.45) is 5.92 Å². The van der Waals surface area contributed by atoms with Crippen LogP contribution in [-0.2, 0) is 29.1 Å². The highest BCUT2D eigenvalue weighted by Gasteiger charge is 2.38. The maximum absolute atomic E-state index is 12.5. The molecule has 130 valence electrons. The van der Waals surface area contributed by atoms with Gasteiger partial charge in [0.15, 0.2) is 5.82 Å². The number of nitrogens with zero attached hydrogens (tertiary/aromatic N) is 4. The molecular weight excluding hydrogens is 306 g/mol. The average Bonchev–Trinajstić information content (AvgIpc) is 3.32. The molecule has 2 fully saturated rings. The van der Waals surface area contributed by atoms with Crippen molar-refractivity contribution in [3.63, 3.8) is 0 Å². The summed E-state index contributed by atoms with van der Waals surface area (Å²) in [6.45, 7) is 1.91. The fraction of sp³-hybridized carbons (Fsp3) is 0.765. The number of rotatable bonds is 4. The Morgan fingerprint density at radius 1 is 1.17 bits per heavy atom. The SMILES string of the molecule is O=C(NCc1nnc2n1CCCC2)[C@H]1CC(=O)N(C2CCCC2)C1. The lowest BCUT2D eigenvalue weighted by molar-refractivity contribution is -0.130. The van der Waals surface area contributed by atoms with Crippen LogP contribution in [0.25, 0.3) is 0 Å². The lowest BCUT2D eigenvalue weighted by Crippen LogP contribution is -2.37. The number of amides is 2. The van der Waals surface area contributed by atoms with Crippen LogP contribution in [0.1, 0.15) is 56.6 Å². The highest BCUT2D eigenvalue weighted by atomic mass is 16.2. The summed E-state index contributed by atoms with van der Waals surface area (Å²) in [7, 11) is 0. The summed E-state index contributed by atoms with van der Waals surface area (Å²) in [5.41, 5.74) is 0. The molecule has 0 spiro atoms. The predicted octanol–water partition coefficient (Wildman–Crippen LogP) is 1.02. The minimum absolute atomic E-state index is 0.0305. The van der Waals surface area contributed by atoms with E-state index < -0.39 is 0 Å². The van der Waals surface area contributed by atoms with Crippen molar-refractivity contribution in [1.82, 2.24) is 25.0 Å². The Bertz CT molecular complexity index is 635.